The Kier molecular flexibility index (Phi) is 8.31. The summed E-state index contributed by atoms with van der Waals surface area (Å²) >= 11 is 0. The molecule has 0 spiro atoms. The molecule has 1 amide bonds. The van der Waals surface area contributed by atoms with Crippen LogP contribution >= 0.6 is 0 Å². The Bertz CT molecular complexity index is 522. The molecule has 0 bridgehead atoms. The number of carbonyl (C=O) groups is 1. The largest absolute Gasteiger partial charge is 0.459 e. The Balaban J connectivity index is 1.51. The Hall–Kier alpha value is -2.02. The van der Waals surface area contributed by atoms with Crippen molar-refractivity contribution in [2.75, 3.05) is 46.3 Å². The minimum absolute atomic E-state index is 0.203. The van der Waals surface area contributed by atoms with E-state index in [1.54, 1.807) is 19.2 Å². The van der Waals surface area contributed by atoms with E-state index in [0.29, 0.717) is 18.8 Å². The van der Waals surface area contributed by atoms with Gasteiger partial charge in [0, 0.05) is 26.7 Å². The lowest BCUT2D eigenvalue weighted by atomic mass is 9.99. The number of hydrogen-bond donors (Lipinski definition) is 3. The summed E-state index contributed by atoms with van der Waals surface area (Å²) in [4.78, 5) is 18.5. The first-order chi connectivity index (χ1) is 12.2. The number of carbonyl (C=O) groups excluding carboxylic acids is 1. The molecule has 0 unspecified atom stereocenters. The number of amides is 1. The van der Waals surface area contributed by atoms with Crippen molar-refractivity contribution in [2.45, 2.75) is 26.2 Å². The minimum atomic E-state index is -0.203. The highest BCUT2D eigenvalue weighted by atomic mass is 16.3. The molecule has 7 heteroatoms. The van der Waals surface area contributed by atoms with Crippen LogP contribution in [0.5, 0.6) is 0 Å². The number of hydrogen-bond acceptors (Lipinski definition) is 4. The van der Waals surface area contributed by atoms with Crippen LogP contribution in [0.15, 0.2) is 27.8 Å². The number of rotatable bonds is 8. The van der Waals surface area contributed by atoms with Crippen LogP contribution in [0.25, 0.3) is 0 Å². The SMILES string of the molecule is CN=C(NCCCN1CCC(C)CC1)NCCNC(=O)c1ccco1. The average molecular weight is 349 g/mol. The standard InChI is InChI=1S/C18H31N5O2/c1-15-6-12-23(13-7-15)11-4-8-21-18(19-2)22-10-9-20-17(24)16-5-3-14-25-16/h3,5,14-15H,4,6-13H2,1-2H3,(H,20,24)(H2,19,21,22). The van der Waals surface area contributed by atoms with Crippen LogP contribution in [0, 0.1) is 5.92 Å². The Labute approximate surface area is 150 Å². The molecule has 1 aliphatic rings. The molecule has 0 aliphatic carbocycles. The number of aliphatic imine (C=N–C) groups is 1. The molecule has 1 aromatic heterocycles. The smallest absolute Gasteiger partial charge is 0.287 e. The van der Waals surface area contributed by atoms with Crippen LogP contribution in [-0.2, 0) is 0 Å². The van der Waals surface area contributed by atoms with Crippen LogP contribution in [-0.4, -0.2) is 63.1 Å². The normalized spacial score (nSPS) is 16.6. The molecular weight excluding hydrogens is 318 g/mol. The summed E-state index contributed by atoms with van der Waals surface area (Å²) in [6, 6.07) is 3.34. The Morgan fingerprint density at radius 1 is 1.24 bits per heavy atom. The van der Waals surface area contributed by atoms with Gasteiger partial charge in [0.25, 0.3) is 5.91 Å². The van der Waals surface area contributed by atoms with Crippen molar-refractivity contribution in [1.82, 2.24) is 20.9 Å². The molecule has 0 radical (unpaired) electrons. The first-order valence-electron chi connectivity index (χ1n) is 9.17. The summed E-state index contributed by atoms with van der Waals surface area (Å²) < 4.78 is 5.04. The van der Waals surface area contributed by atoms with Gasteiger partial charge < -0.3 is 25.3 Å². The summed E-state index contributed by atoms with van der Waals surface area (Å²) in [6.07, 6.45) is 5.23. The molecule has 1 fully saturated rings. The van der Waals surface area contributed by atoms with E-state index in [0.717, 1.165) is 31.4 Å². The maximum absolute atomic E-state index is 11.7. The lowest BCUT2D eigenvalue weighted by Crippen LogP contribution is -2.42. The number of guanidine groups is 1. The fourth-order valence-electron chi connectivity index (χ4n) is 2.87. The van der Waals surface area contributed by atoms with E-state index in [9.17, 15) is 4.79 Å². The van der Waals surface area contributed by atoms with Gasteiger partial charge >= 0.3 is 0 Å². The highest BCUT2D eigenvalue weighted by Crippen LogP contribution is 2.15. The predicted octanol–water partition coefficient (Wildman–Crippen LogP) is 1.30. The molecule has 25 heavy (non-hydrogen) atoms. The monoisotopic (exact) mass is 349 g/mol. The summed E-state index contributed by atoms with van der Waals surface area (Å²) in [7, 11) is 1.75. The average Bonchev–Trinajstić information content (AvgIpc) is 3.16. The van der Waals surface area contributed by atoms with Crippen molar-refractivity contribution < 1.29 is 9.21 Å². The topological polar surface area (TPSA) is 81.9 Å². The second-order valence-electron chi connectivity index (χ2n) is 6.54. The molecular formula is C18H31N5O2. The van der Waals surface area contributed by atoms with E-state index in [-0.39, 0.29) is 5.91 Å². The summed E-state index contributed by atoms with van der Waals surface area (Å²) in [5.74, 6) is 1.77. The van der Waals surface area contributed by atoms with E-state index in [1.165, 1.54) is 32.2 Å². The zero-order valence-corrected chi connectivity index (χ0v) is 15.4. The Morgan fingerprint density at radius 3 is 2.64 bits per heavy atom. The van der Waals surface area contributed by atoms with Crippen molar-refractivity contribution in [3.8, 4) is 0 Å². The van der Waals surface area contributed by atoms with Gasteiger partial charge in [-0.05, 0) is 56.9 Å². The molecule has 2 heterocycles. The fourth-order valence-corrected chi connectivity index (χ4v) is 2.87. The first-order valence-corrected chi connectivity index (χ1v) is 9.17. The summed E-state index contributed by atoms with van der Waals surface area (Å²) in [5.41, 5.74) is 0. The minimum Gasteiger partial charge on any atom is -0.459 e. The van der Waals surface area contributed by atoms with Crippen molar-refractivity contribution in [3.05, 3.63) is 24.2 Å². The van der Waals surface area contributed by atoms with Crippen LogP contribution in [0.4, 0.5) is 0 Å². The van der Waals surface area contributed by atoms with Gasteiger partial charge in [0.2, 0.25) is 0 Å². The third-order valence-corrected chi connectivity index (χ3v) is 4.49. The van der Waals surface area contributed by atoms with Gasteiger partial charge in [0.1, 0.15) is 0 Å². The maximum atomic E-state index is 11.7. The molecule has 2 rings (SSSR count). The first kappa shape index (κ1) is 19.3. The summed E-state index contributed by atoms with van der Waals surface area (Å²) in [5, 5.41) is 9.30. The van der Waals surface area contributed by atoms with E-state index in [2.05, 4.69) is 32.8 Å². The van der Waals surface area contributed by atoms with Gasteiger partial charge in [-0.2, -0.15) is 0 Å². The second kappa shape index (κ2) is 10.8. The van der Waals surface area contributed by atoms with Crippen molar-refractivity contribution in [1.29, 1.82) is 0 Å². The van der Waals surface area contributed by atoms with Gasteiger partial charge in [-0.3, -0.25) is 9.79 Å². The highest BCUT2D eigenvalue weighted by Gasteiger charge is 2.14. The zero-order chi connectivity index (χ0) is 17.9. The molecule has 1 saturated heterocycles. The lowest BCUT2D eigenvalue weighted by Gasteiger charge is -2.30. The molecule has 140 valence electrons. The third kappa shape index (κ3) is 7.17. The molecule has 1 aromatic rings. The van der Waals surface area contributed by atoms with Gasteiger partial charge in [-0.1, -0.05) is 6.92 Å². The van der Waals surface area contributed by atoms with Crippen molar-refractivity contribution in [3.63, 3.8) is 0 Å². The van der Waals surface area contributed by atoms with Crippen LogP contribution in [0.2, 0.25) is 0 Å². The van der Waals surface area contributed by atoms with Crippen LogP contribution in [0.1, 0.15) is 36.7 Å². The van der Waals surface area contributed by atoms with E-state index >= 15 is 0 Å². The predicted molar refractivity (Wildman–Crippen MR) is 99.9 cm³/mol. The maximum Gasteiger partial charge on any atom is 0.287 e. The molecule has 0 saturated carbocycles. The van der Waals surface area contributed by atoms with Crippen LogP contribution in [0.3, 0.4) is 0 Å². The molecule has 3 N–H and O–H groups in total. The molecule has 1 aliphatic heterocycles. The number of furan rings is 1. The third-order valence-electron chi connectivity index (χ3n) is 4.49. The van der Waals surface area contributed by atoms with Gasteiger partial charge in [-0.15, -0.1) is 0 Å². The van der Waals surface area contributed by atoms with Crippen LogP contribution < -0.4 is 16.0 Å². The number of nitrogens with one attached hydrogen (secondary N) is 3. The van der Waals surface area contributed by atoms with E-state index in [1.807, 2.05) is 0 Å². The highest BCUT2D eigenvalue weighted by molar-refractivity contribution is 5.91. The second-order valence-corrected chi connectivity index (χ2v) is 6.54. The Morgan fingerprint density at radius 2 is 1.96 bits per heavy atom. The van der Waals surface area contributed by atoms with Gasteiger partial charge in [0.05, 0.1) is 6.26 Å². The van der Waals surface area contributed by atoms with Crippen molar-refractivity contribution >= 4 is 11.9 Å². The van der Waals surface area contributed by atoms with E-state index in [4.69, 9.17) is 4.42 Å². The van der Waals surface area contributed by atoms with Crippen molar-refractivity contribution in [2.24, 2.45) is 10.9 Å². The van der Waals surface area contributed by atoms with Gasteiger partial charge in [-0.25, -0.2) is 0 Å². The zero-order valence-electron chi connectivity index (χ0n) is 15.4. The molecule has 0 aromatic carbocycles. The van der Waals surface area contributed by atoms with E-state index < -0.39 is 0 Å². The quantitative estimate of drug-likeness (QED) is 0.374. The van der Waals surface area contributed by atoms with Gasteiger partial charge in [0.15, 0.2) is 11.7 Å². The number of piperidine rings is 1. The summed E-state index contributed by atoms with van der Waals surface area (Å²) in [6.45, 7) is 7.93. The number of likely N-dealkylation sites (tertiary alicyclic amines) is 1. The molecule has 0 atom stereocenters. The number of nitrogens with zero attached hydrogens (tertiary/aromatic N) is 2. The fraction of sp³-hybridized carbons (Fsp3) is 0.667. The lowest BCUT2D eigenvalue weighted by molar-refractivity contribution is 0.0926. The molecule has 7 nitrogen and oxygen atoms in total.